The maximum atomic E-state index is 13.6. The fraction of sp³-hybridized carbons (Fsp3) is 0.444. The monoisotopic (exact) mass is 477 g/mol. The van der Waals surface area contributed by atoms with Gasteiger partial charge in [-0.2, -0.15) is 5.26 Å². The summed E-state index contributed by atoms with van der Waals surface area (Å²) in [5, 5.41) is 9.43. The maximum absolute atomic E-state index is 13.6. The summed E-state index contributed by atoms with van der Waals surface area (Å²) in [4.78, 5) is 30.2. The molecule has 2 aromatic carbocycles. The van der Waals surface area contributed by atoms with Crippen LogP contribution in [0.5, 0.6) is 17.2 Å². The molecule has 1 unspecified atom stereocenters. The number of hydrogen-bond donors (Lipinski definition) is 0. The van der Waals surface area contributed by atoms with Gasteiger partial charge in [0.15, 0.2) is 11.5 Å². The molecule has 2 amide bonds. The molecule has 2 fully saturated rings. The van der Waals surface area contributed by atoms with Crippen LogP contribution in [0, 0.1) is 17.2 Å². The van der Waals surface area contributed by atoms with E-state index in [9.17, 15) is 14.9 Å². The highest BCUT2D eigenvalue weighted by Gasteiger charge is 2.43. The van der Waals surface area contributed by atoms with Crippen LogP contribution in [0.25, 0.3) is 0 Å². The highest BCUT2D eigenvalue weighted by atomic mass is 16.5. The van der Waals surface area contributed by atoms with Gasteiger partial charge in [-0.3, -0.25) is 9.59 Å². The predicted octanol–water partition coefficient (Wildman–Crippen LogP) is 3.65. The lowest BCUT2D eigenvalue weighted by molar-refractivity contribution is -0.135. The van der Waals surface area contributed by atoms with Gasteiger partial charge in [0, 0.05) is 18.7 Å². The largest absolute Gasteiger partial charge is 0.493 e. The molecule has 0 saturated carbocycles. The fourth-order valence-electron chi connectivity index (χ4n) is 4.90. The zero-order valence-electron chi connectivity index (χ0n) is 20.4. The first-order valence-electron chi connectivity index (χ1n) is 11.9. The summed E-state index contributed by atoms with van der Waals surface area (Å²) in [6.45, 7) is 3.37. The van der Waals surface area contributed by atoms with Gasteiger partial charge in [0.2, 0.25) is 11.7 Å². The predicted molar refractivity (Wildman–Crippen MR) is 129 cm³/mol. The summed E-state index contributed by atoms with van der Waals surface area (Å²) in [6, 6.07) is 14.2. The van der Waals surface area contributed by atoms with Crippen molar-refractivity contribution in [2.45, 2.75) is 44.9 Å². The number of likely N-dealkylation sites (tertiary alicyclic amines) is 2. The average molecular weight is 478 g/mol. The molecule has 0 spiro atoms. The molecule has 8 nitrogen and oxygen atoms in total. The zero-order valence-corrected chi connectivity index (χ0v) is 20.4. The van der Waals surface area contributed by atoms with Crippen LogP contribution in [0.4, 0.5) is 0 Å². The Hall–Kier alpha value is -3.73. The van der Waals surface area contributed by atoms with Crippen LogP contribution in [-0.2, 0) is 11.4 Å². The number of amides is 2. The number of nitrogens with zero attached hydrogens (tertiary/aromatic N) is 3. The molecule has 35 heavy (non-hydrogen) atoms. The van der Waals surface area contributed by atoms with Gasteiger partial charge in [0.05, 0.1) is 20.3 Å². The van der Waals surface area contributed by atoms with Crippen LogP contribution in [0.3, 0.4) is 0 Å². The Morgan fingerprint density at radius 3 is 2.40 bits per heavy atom. The first-order valence-corrected chi connectivity index (χ1v) is 11.9. The van der Waals surface area contributed by atoms with Crippen molar-refractivity contribution < 1.29 is 23.8 Å². The van der Waals surface area contributed by atoms with Crippen molar-refractivity contribution >= 4 is 11.8 Å². The van der Waals surface area contributed by atoms with Gasteiger partial charge in [0.25, 0.3) is 5.91 Å². The summed E-state index contributed by atoms with van der Waals surface area (Å²) >= 11 is 0. The first kappa shape index (κ1) is 24.4. The quantitative estimate of drug-likeness (QED) is 0.605. The van der Waals surface area contributed by atoms with E-state index >= 15 is 0 Å². The van der Waals surface area contributed by atoms with Crippen molar-refractivity contribution in [1.82, 2.24) is 9.80 Å². The molecule has 2 saturated heterocycles. The topological polar surface area (TPSA) is 92.1 Å². The number of hydrogen-bond acceptors (Lipinski definition) is 6. The number of carbonyl (C=O) groups excluding carboxylic acids is 2. The first-order chi connectivity index (χ1) is 17.0. The molecular weight excluding hydrogens is 446 g/mol. The Balaban J connectivity index is 1.59. The van der Waals surface area contributed by atoms with Crippen molar-refractivity contribution in [3.05, 3.63) is 53.6 Å². The lowest BCUT2D eigenvalue weighted by Gasteiger charge is -2.29. The van der Waals surface area contributed by atoms with Crippen LogP contribution >= 0.6 is 0 Å². The van der Waals surface area contributed by atoms with E-state index in [0.29, 0.717) is 55.4 Å². The number of carbonyl (C=O) groups is 2. The molecule has 2 aromatic rings. The van der Waals surface area contributed by atoms with E-state index in [-0.39, 0.29) is 17.7 Å². The minimum atomic E-state index is -0.586. The summed E-state index contributed by atoms with van der Waals surface area (Å²) in [6.07, 6.45) is 2.06. The Bertz CT molecular complexity index is 1090. The van der Waals surface area contributed by atoms with Crippen LogP contribution in [0.1, 0.15) is 42.1 Å². The molecule has 0 radical (unpaired) electrons. The summed E-state index contributed by atoms with van der Waals surface area (Å²) in [5.74, 6) is 0.922. The Morgan fingerprint density at radius 2 is 1.77 bits per heavy atom. The standard InChI is InChI=1S/C27H31N3O5/c1-18-12-22(27(32)29-11-7-10-21(29)15-28)30(16-18)26(31)20-13-23(33-2)25(24(14-20)34-3)35-17-19-8-5-4-6-9-19/h4-6,8-9,13-14,18,21-22H,7,10-12,16-17H2,1-3H3/t18-,21?,22-/m0/s1. The normalized spacial score (nSPS) is 21.5. The number of methoxy groups -OCH3 is 2. The van der Waals surface area contributed by atoms with Gasteiger partial charge in [-0.05, 0) is 42.9 Å². The molecule has 0 N–H and O–H groups in total. The summed E-state index contributed by atoms with van der Waals surface area (Å²) in [5.41, 5.74) is 1.35. The molecule has 0 aromatic heterocycles. The van der Waals surface area contributed by atoms with E-state index in [1.54, 1.807) is 21.9 Å². The summed E-state index contributed by atoms with van der Waals surface area (Å²) < 4.78 is 17.1. The molecule has 184 valence electrons. The van der Waals surface area contributed by atoms with E-state index in [0.717, 1.165) is 12.0 Å². The fourth-order valence-corrected chi connectivity index (χ4v) is 4.90. The third-order valence-electron chi connectivity index (χ3n) is 6.67. The van der Waals surface area contributed by atoms with Crippen LogP contribution in [0.2, 0.25) is 0 Å². The van der Waals surface area contributed by atoms with E-state index in [1.165, 1.54) is 14.2 Å². The molecule has 2 aliphatic rings. The molecular formula is C27H31N3O5. The number of ether oxygens (including phenoxy) is 3. The second-order valence-corrected chi connectivity index (χ2v) is 9.12. The highest BCUT2D eigenvalue weighted by Crippen LogP contribution is 2.40. The summed E-state index contributed by atoms with van der Waals surface area (Å²) in [7, 11) is 3.02. The van der Waals surface area contributed by atoms with Crippen LogP contribution in [-0.4, -0.2) is 61.0 Å². The van der Waals surface area contributed by atoms with Gasteiger partial charge in [-0.25, -0.2) is 0 Å². The van der Waals surface area contributed by atoms with Crippen LogP contribution in [0.15, 0.2) is 42.5 Å². The van der Waals surface area contributed by atoms with Crippen molar-refractivity contribution in [3.8, 4) is 23.3 Å². The van der Waals surface area contributed by atoms with Crippen molar-refractivity contribution in [2.24, 2.45) is 5.92 Å². The number of rotatable bonds is 7. The van der Waals surface area contributed by atoms with E-state index < -0.39 is 12.1 Å². The third-order valence-corrected chi connectivity index (χ3v) is 6.67. The van der Waals surface area contributed by atoms with Crippen LogP contribution < -0.4 is 14.2 Å². The van der Waals surface area contributed by atoms with Gasteiger partial charge < -0.3 is 24.0 Å². The molecule has 4 rings (SSSR count). The average Bonchev–Trinajstić information content (AvgIpc) is 3.53. The Labute approximate surface area is 206 Å². The van der Waals surface area contributed by atoms with Crippen molar-refractivity contribution in [2.75, 3.05) is 27.3 Å². The number of nitriles is 1. The molecule has 8 heteroatoms. The van der Waals surface area contributed by atoms with Gasteiger partial charge in [0.1, 0.15) is 18.7 Å². The molecule has 0 bridgehead atoms. The third kappa shape index (κ3) is 5.04. The smallest absolute Gasteiger partial charge is 0.254 e. The maximum Gasteiger partial charge on any atom is 0.254 e. The van der Waals surface area contributed by atoms with Gasteiger partial charge >= 0.3 is 0 Å². The molecule has 0 aliphatic carbocycles. The number of benzene rings is 2. The van der Waals surface area contributed by atoms with Gasteiger partial charge in [-0.15, -0.1) is 0 Å². The van der Waals surface area contributed by atoms with Crippen molar-refractivity contribution in [1.29, 1.82) is 5.26 Å². The highest BCUT2D eigenvalue weighted by molar-refractivity contribution is 5.99. The molecule has 3 atom stereocenters. The van der Waals surface area contributed by atoms with Crippen molar-refractivity contribution in [3.63, 3.8) is 0 Å². The zero-order chi connectivity index (χ0) is 24.9. The van der Waals surface area contributed by atoms with E-state index in [4.69, 9.17) is 14.2 Å². The van der Waals surface area contributed by atoms with E-state index in [2.05, 4.69) is 6.07 Å². The molecule has 2 heterocycles. The van der Waals surface area contributed by atoms with E-state index in [1.807, 2.05) is 37.3 Å². The SMILES string of the molecule is COc1cc(C(=O)N2C[C@@H](C)C[C@H]2C(=O)N2CCCC2C#N)cc(OC)c1OCc1ccccc1. The van der Waals surface area contributed by atoms with Gasteiger partial charge in [-0.1, -0.05) is 37.3 Å². The minimum absolute atomic E-state index is 0.145. The minimum Gasteiger partial charge on any atom is -0.493 e. The molecule has 2 aliphatic heterocycles. The second kappa shape index (κ2) is 10.7. The Morgan fingerprint density at radius 1 is 1.09 bits per heavy atom. The second-order valence-electron chi connectivity index (χ2n) is 9.12. The Kier molecular flexibility index (Phi) is 7.45. The lowest BCUT2D eigenvalue weighted by Crippen LogP contribution is -2.49. The lowest BCUT2D eigenvalue weighted by atomic mass is 10.1.